The van der Waals surface area contributed by atoms with Crippen LogP contribution >= 0.6 is 0 Å². The second-order valence-electron chi connectivity index (χ2n) is 3.86. The molecule has 0 aliphatic rings. The van der Waals surface area contributed by atoms with Crippen molar-refractivity contribution in [1.29, 1.82) is 0 Å². The average molecular weight is 261 g/mol. The van der Waals surface area contributed by atoms with Gasteiger partial charge in [0, 0.05) is 18.8 Å². The third kappa shape index (κ3) is 3.34. The van der Waals surface area contributed by atoms with Crippen molar-refractivity contribution in [3.8, 4) is 5.75 Å². The zero-order chi connectivity index (χ0) is 13.7. The highest BCUT2D eigenvalue weighted by Crippen LogP contribution is 2.23. The molecule has 0 saturated heterocycles. The molecule has 4 nitrogen and oxygen atoms in total. The number of hydrogen-bond acceptors (Lipinski definition) is 4. The maximum absolute atomic E-state index is 13.7. The van der Waals surface area contributed by atoms with Crippen LogP contribution in [0.3, 0.4) is 0 Å². The van der Waals surface area contributed by atoms with Gasteiger partial charge in [0.2, 0.25) is 0 Å². The number of hydrogen-bond donors (Lipinski definition) is 2. The highest BCUT2D eigenvalue weighted by molar-refractivity contribution is 5.59. The van der Waals surface area contributed by atoms with E-state index in [1.165, 1.54) is 6.07 Å². The number of nitrogens with zero attached hydrogens (tertiary/aromatic N) is 1. The predicted octanol–water partition coefficient (Wildman–Crippen LogP) is 3.40. The SMILES string of the molecule is CCOc1ccc(Nc2cccc(NC)n2)cc1F. The number of anilines is 3. The zero-order valence-electron chi connectivity index (χ0n) is 10.9. The number of aromatic nitrogens is 1. The lowest BCUT2D eigenvalue weighted by Crippen LogP contribution is -1.99. The van der Waals surface area contributed by atoms with Gasteiger partial charge in [-0.05, 0) is 31.2 Å². The van der Waals surface area contributed by atoms with Crippen molar-refractivity contribution in [3.63, 3.8) is 0 Å². The molecule has 1 aromatic carbocycles. The molecule has 0 amide bonds. The first-order chi connectivity index (χ1) is 9.22. The summed E-state index contributed by atoms with van der Waals surface area (Å²) in [5.41, 5.74) is 0.627. The number of pyridine rings is 1. The van der Waals surface area contributed by atoms with Crippen LogP contribution in [0.15, 0.2) is 36.4 Å². The summed E-state index contributed by atoms with van der Waals surface area (Å²) in [5.74, 6) is 1.26. The number of nitrogens with one attached hydrogen (secondary N) is 2. The topological polar surface area (TPSA) is 46.2 Å². The Morgan fingerprint density at radius 1 is 1.21 bits per heavy atom. The number of rotatable bonds is 5. The largest absolute Gasteiger partial charge is 0.491 e. The summed E-state index contributed by atoms with van der Waals surface area (Å²) in [6, 6.07) is 10.3. The van der Waals surface area contributed by atoms with Gasteiger partial charge in [-0.2, -0.15) is 0 Å². The minimum atomic E-state index is -0.392. The van der Waals surface area contributed by atoms with E-state index in [2.05, 4.69) is 15.6 Å². The van der Waals surface area contributed by atoms with Gasteiger partial charge < -0.3 is 15.4 Å². The summed E-state index contributed by atoms with van der Waals surface area (Å²) in [4.78, 5) is 4.30. The molecule has 0 atom stereocenters. The van der Waals surface area contributed by atoms with E-state index in [1.54, 1.807) is 19.2 Å². The van der Waals surface area contributed by atoms with Gasteiger partial charge in [-0.1, -0.05) is 6.07 Å². The lowest BCUT2D eigenvalue weighted by Gasteiger charge is -2.09. The van der Waals surface area contributed by atoms with Gasteiger partial charge in [-0.15, -0.1) is 0 Å². The zero-order valence-corrected chi connectivity index (χ0v) is 10.9. The molecule has 1 heterocycles. The fourth-order valence-corrected chi connectivity index (χ4v) is 1.64. The third-order valence-electron chi connectivity index (χ3n) is 2.51. The second kappa shape index (κ2) is 6.04. The van der Waals surface area contributed by atoms with Crippen LogP contribution in [0.5, 0.6) is 5.75 Å². The molecule has 5 heteroatoms. The van der Waals surface area contributed by atoms with Crippen LogP contribution in [0.25, 0.3) is 0 Å². The molecule has 0 fully saturated rings. The van der Waals surface area contributed by atoms with Crippen molar-refractivity contribution < 1.29 is 9.13 Å². The molecule has 0 bridgehead atoms. The standard InChI is InChI=1S/C14H16FN3O/c1-3-19-12-8-7-10(9-11(12)15)17-14-6-4-5-13(16-2)18-14/h4-9H,3H2,1-2H3,(H2,16,17,18). The average Bonchev–Trinajstić information content (AvgIpc) is 2.42. The van der Waals surface area contributed by atoms with Gasteiger partial charge in [-0.3, -0.25) is 0 Å². The third-order valence-corrected chi connectivity index (χ3v) is 2.51. The molecule has 0 unspecified atom stereocenters. The Hall–Kier alpha value is -2.30. The van der Waals surface area contributed by atoms with Gasteiger partial charge in [0.15, 0.2) is 11.6 Å². The van der Waals surface area contributed by atoms with E-state index in [9.17, 15) is 4.39 Å². The molecule has 100 valence electrons. The number of halogens is 1. The van der Waals surface area contributed by atoms with E-state index in [1.807, 2.05) is 25.1 Å². The van der Waals surface area contributed by atoms with Crippen molar-refractivity contribution >= 4 is 17.3 Å². The van der Waals surface area contributed by atoms with E-state index in [0.29, 0.717) is 18.1 Å². The highest BCUT2D eigenvalue weighted by atomic mass is 19.1. The first-order valence-electron chi connectivity index (χ1n) is 6.07. The predicted molar refractivity (Wildman–Crippen MR) is 74.6 cm³/mol. The fourth-order valence-electron chi connectivity index (χ4n) is 1.64. The smallest absolute Gasteiger partial charge is 0.167 e. The fraction of sp³-hybridized carbons (Fsp3) is 0.214. The molecular formula is C14H16FN3O. The van der Waals surface area contributed by atoms with Crippen LogP contribution in [0.1, 0.15) is 6.92 Å². The minimum absolute atomic E-state index is 0.255. The Balaban J connectivity index is 2.16. The molecular weight excluding hydrogens is 245 g/mol. The molecule has 0 radical (unpaired) electrons. The lowest BCUT2D eigenvalue weighted by molar-refractivity contribution is 0.321. The van der Waals surface area contributed by atoms with Crippen LogP contribution in [0.2, 0.25) is 0 Å². The van der Waals surface area contributed by atoms with Crippen molar-refractivity contribution in [1.82, 2.24) is 4.98 Å². The van der Waals surface area contributed by atoms with E-state index in [4.69, 9.17) is 4.74 Å². The molecule has 0 aliphatic heterocycles. The monoisotopic (exact) mass is 261 g/mol. The van der Waals surface area contributed by atoms with Crippen LogP contribution in [-0.4, -0.2) is 18.6 Å². The van der Waals surface area contributed by atoms with E-state index >= 15 is 0 Å². The molecule has 0 aliphatic carbocycles. The summed E-state index contributed by atoms with van der Waals surface area (Å²) in [7, 11) is 1.79. The van der Waals surface area contributed by atoms with Crippen molar-refractivity contribution in [2.45, 2.75) is 6.92 Å². The van der Waals surface area contributed by atoms with Gasteiger partial charge in [0.1, 0.15) is 11.6 Å². The summed E-state index contributed by atoms with van der Waals surface area (Å²) in [6.07, 6.45) is 0. The molecule has 1 aromatic heterocycles. The summed E-state index contributed by atoms with van der Waals surface area (Å²) < 4.78 is 18.8. The summed E-state index contributed by atoms with van der Waals surface area (Å²) >= 11 is 0. The summed E-state index contributed by atoms with van der Waals surface area (Å²) in [5, 5.41) is 5.99. The second-order valence-corrected chi connectivity index (χ2v) is 3.86. The lowest BCUT2D eigenvalue weighted by atomic mass is 10.3. The van der Waals surface area contributed by atoms with Crippen molar-refractivity contribution in [2.75, 3.05) is 24.3 Å². The number of benzene rings is 1. The quantitative estimate of drug-likeness (QED) is 0.866. The van der Waals surface area contributed by atoms with E-state index < -0.39 is 5.82 Å². The molecule has 19 heavy (non-hydrogen) atoms. The molecule has 0 saturated carbocycles. The molecule has 2 rings (SSSR count). The Morgan fingerprint density at radius 2 is 2.00 bits per heavy atom. The van der Waals surface area contributed by atoms with Crippen LogP contribution in [0, 0.1) is 5.82 Å². The molecule has 0 spiro atoms. The van der Waals surface area contributed by atoms with E-state index in [0.717, 1.165) is 5.82 Å². The minimum Gasteiger partial charge on any atom is -0.491 e. The highest BCUT2D eigenvalue weighted by Gasteiger charge is 2.05. The molecule has 2 N–H and O–H groups in total. The maximum Gasteiger partial charge on any atom is 0.167 e. The Kier molecular flexibility index (Phi) is 4.18. The first-order valence-corrected chi connectivity index (χ1v) is 6.07. The summed E-state index contributed by atoms with van der Waals surface area (Å²) in [6.45, 7) is 2.26. The maximum atomic E-state index is 13.7. The first kappa shape index (κ1) is 13.1. The normalized spacial score (nSPS) is 10.1. The Labute approximate surface area is 111 Å². The van der Waals surface area contributed by atoms with Crippen LogP contribution < -0.4 is 15.4 Å². The van der Waals surface area contributed by atoms with E-state index in [-0.39, 0.29) is 5.75 Å². The molecule has 2 aromatic rings. The van der Waals surface area contributed by atoms with Gasteiger partial charge in [0.05, 0.1) is 6.61 Å². The van der Waals surface area contributed by atoms with Crippen LogP contribution in [-0.2, 0) is 0 Å². The van der Waals surface area contributed by atoms with Crippen LogP contribution in [0.4, 0.5) is 21.7 Å². The Bertz CT molecular complexity index is 560. The van der Waals surface area contributed by atoms with Crippen molar-refractivity contribution in [2.24, 2.45) is 0 Å². The van der Waals surface area contributed by atoms with Gasteiger partial charge in [-0.25, -0.2) is 9.37 Å². The number of ether oxygens (including phenoxy) is 1. The van der Waals surface area contributed by atoms with Crippen molar-refractivity contribution in [3.05, 3.63) is 42.2 Å². The van der Waals surface area contributed by atoms with Gasteiger partial charge in [0.25, 0.3) is 0 Å². The Morgan fingerprint density at radius 3 is 2.68 bits per heavy atom. The van der Waals surface area contributed by atoms with Gasteiger partial charge >= 0.3 is 0 Å².